The lowest BCUT2D eigenvalue weighted by molar-refractivity contribution is -0.119. The fraction of sp³-hybridized carbons (Fsp3) is 0.360. The zero-order valence-corrected chi connectivity index (χ0v) is 20.3. The number of hydrogen-bond acceptors (Lipinski definition) is 8. The standard InChI is InChI=1S/C25H26N2O6S/c1-5-6-12-34(30,31)33-25-23-19(10-11-26-25)27-15(3)21(16(4)28)22(23)18-9-7-8-17-20(29)13-14(2)32-24(17)18/h7-11,13,21-22H,5-6,12H2,1-4H3. The van der Waals surface area contributed by atoms with Gasteiger partial charge in [-0.1, -0.05) is 25.5 Å². The van der Waals surface area contributed by atoms with Gasteiger partial charge >= 0.3 is 10.1 Å². The Morgan fingerprint density at radius 3 is 2.68 bits per heavy atom. The molecule has 0 amide bonds. The van der Waals surface area contributed by atoms with Crippen LogP contribution in [0.1, 0.15) is 56.4 Å². The van der Waals surface area contributed by atoms with Gasteiger partial charge in [-0.15, -0.1) is 0 Å². The van der Waals surface area contributed by atoms with Gasteiger partial charge in [0.2, 0.25) is 5.88 Å². The summed E-state index contributed by atoms with van der Waals surface area (Å²) in [5, 5.41) is 0.369. The van der Waals surface area contributed by atoms with Crippen LogP contribution in [0, 0.1) is 12.8 Å². The number of Topliss-reactive ketones (excluding diaryl/α,β-unsaturated/α-hetero) is 1. The van der Waals surface area contributed by atoms with Crippen molar-refractivity contribution in [1.29, 1.82) is 0 Å². The van der Waals surface area contributed by atoms with Gasteiger partial charge in [-0.05, 0) is 39.3 Å². The van der Waals surface area contributed by atoms with E-state index in [2.05, 4.69) is 9.98 Å². The summed E-state index contributed by atoms with van der Waals surface area (Å²) in [7, 11) is -3.91. The second-order valence-corrected chi connectivity index (χ2v) is 10.2. The Balaban J connectivity index is 2.01. The van der Waals surface area contributed by atoms with Crippen LogP contribution in [0.3, 0.4) is 0 Å². The molecule has 1 aliphatic heterocycles. The third kappa shape index (κ3) is 4.40. The summed E-state index contributed by atoms with van der Waals surface area (Å²) in [5.41, 5.74) is 2.12. The predicted molar refractivity (Wildman–Crippen MR) is 130 cm³/mol. The minimum Gasteiger partial charge on any atom is -0.461 e. The van der Waals surface area contributed by atoms with Gasteiger partial charge in [-0.25, -0.2) is 4.98 Å². The number of aliphatic imine (C=N–C) groups is 1. The Hall–Kier alpha value is -3.33. The first kappa shape index (κ1) is 23.8. The van der Waals surface area contributed by atoms with Gasteiger partial charge in [0.1, 0.15) is 17.1 Å². The van der Waals surface area contributed by atoms with Crippen molar-refractivity contribution in [2.75, 3.05) is 5.75 Å². The van der Waals surface area contributed by atoms with Crippen molar-refractivity contribution < 1.29 is 21.8 Å². The highest BCUT2D eigenvalue weighted by Crippen LogP contribution is 2.48. The van der Waals surface area contributed by atoms with E-state index in [-0.39, 0.29) is 22.8 Å². The molecule has 2 aromatic heterocycles. The van der Waals surface area contributed by atoms with Crippen LogP contribution >= 0.6 is 0 Å². The number of rotatable bonds is 7. The van der Waals surface area contributed by atoms with Gasteiger partial charge in [-0.3, -0.25) is 14.6 Å². The molecule has 8 nitrogen and oxygen atoms in total. The summed E-state index contributed by atoms with van der Waals surface area (Å²) in [4.78, 5) is 34.3. The van der Waals surface area contributed by atoms with E-state index >= 15 is 0 Å². The largest absolute Gasteiger partial charge is 0.461 e. The molecule has 0 saturated heterocycles. The van der Waals surface area contributed by atoms with Gasteiger partial charge in [0, 0.05) is 29.5 Å². The number of nitrogens with zero attached hydrogens (tertiary/aromatic N) is 2. The third-order valence-electron chi connectivity index (χ3n) is 5.96. The maximum Gasteiger partial charge on any atom is 0.310 e. The SMILES string of the molecule is CCCCS(=O)(=O)Oc1nccc2c1C(c1cccc3c(=O)cc(C)oc13)C(C(C)=O)C(C)=N2. The topological polar surface area (TPSA) is 116 Å². The van der Waals surface area contributed by atoms with Crippen molar-refractivity contribution in [3.63, 3.8) is 0 Å². The molecule has 3 heterocycles. The van der Waals surface area contributed by atoms with E-state index in [1.54, 1.807) is 38.1 Å². The van der Waals surface area contributed by atoms with E-state index in [1.165, 1.54) is 19.2 Å². The highest BCUT2D eigenvalue weighted by atomic mass is 32.2. The second kappa shape index (κ2) is 9.13. The molecular weight excluding hydrogens is 456 g/mol. The lowest BCUT2D eigenvalue weighted by Crippen LogP contribution is -2.31. The van der Waals surface area contributed by atoms with Gasteiger partial charge < -0.3 is 8.60 Å². The number of aromatic nitrogens is 1. The van der Waals surface area contributed by atoms with Gasteiger partial charge in [0.15, 0.2) is 5.43 Å². The molecule has 0 aliphatic carbocycles. The average Bonchev–Trinajstić information content (AvgIpc) is 2.76. The number of para-hydroxylation sites is 1. The number of benzene rings is 1. The van der Waals surface area contributed by atoms with E-state index in [4.69, 9.17) is 8.60 Å². The lowest BCUT2D eigenvalue weighted by atomic mass is 9.74. The van der Waals surface area contributed by atoms with Crippen LogP contribution in [0.15, 0.2) is 50.7 Å². The monoisotopic (exact) mass is 482 g/mol. The molecule has 4 rings (SSSR count). The van der Waals surface area contributed by atoms with Crippen molar-refractivity contribution in [3.05, 3.63) is 63.6 Å². The van der Waals surface area contributed by atoms with Crippen molar-refractivity contribution in [2.24, 2.45) is 10.9 Å². The third-order valence-corrected chi connectivity index (χ3v) is 7.16. The summed E-state index contributed by atoms with van der Waals surface area (Å²) in [6, 6.07) is 8.22. The Bertz CT molecular complexity index is 1470. The van der Waals surface area contributed by atoms with Crippen LogP contribution in [0.4, 0.5) is 5.69 Å². The van der Waals surface area contributed by atoms with E-state index < -0.39 is 22.0 Å². The molecular formula is C25H26N2O6S. The first-order valence-corrected chi connectivity index (χ1v) is 12.7. The molecule has 2 unspecified atom stereocenters. The Morgan fingerprint density at radius 2 is 1.97 bits per heavy atom. The van der Waals surface area contributed by atoms with Crippen LogP contribution in [0.5, 0.6) is 5.88 Å². The van der Waals surface area contributed by atoms with Crippen LogP contribution in [0.25, 0.3) is 11.0 Å². The summed E-state index contributed by atoms with van der Waals surface area (Å²) >= 11 is 0. The zero-order chi connectivity index (χ0) is 24.6. The minimum atomic E-state index is -3.91. The predicted octanol–water partition coefficient (Wildman–Crippen LogP) is 4.45. The van der Waals surface area contributed by atoms with E-state index in [0.717, 1.165) is 0 Å². The fourth-order valence-electron chi connectivity index (χ4n) is 4.48. The first-order valence-electron chi connectivity index (χ1n) is 11.1. The van der Waals surface area contributed by atoms with Gasteiger partial charge in [0.25, 0.3) is 0 Å². The molecule has 178 valence electrons. The van der Waals surface area contributed by atoms with Crippen molar-refractivity contribution in [2.45, 2.75) is 46.5 Å². The van der Waals surface area contributed by atoms with Crippen LogP contribution in [0.2, 0.25) is 0 Å². The maximum absolute atomic E-state index is 12.9. The lowest BCUT2D eigenvalue weighted by Gasteiger charge is -2.32. The molecule has 1 aliphatic rings. The highest BCUT2D eigenvalue weighted by molar-refractivity contribution is 7.87. The molecule has 0 N–H and O–H groups in total. The van der Waals surface area contributed by atoms with Gasteiger partial charge in [-0.2, -0.15) is 8.42 Å². The number of fused-ring (bicyclic) bond motifs is 2. The zero-order valence-electron chi connectivity index (χ0n) is 19.5. The minimum absolute atomic E-state index is 0.117. The van der Waals surface area contributed by atoms with E-state index in [1.807, 2.05) is 6.92 Å². The summed E-state index contributed by atoms with van der Waals surface area (Å²) in [5.74, 6) is -1.42. The molecule has 3 aromatic rings. The average molecular weight is 483 g/mol. The number of pyridine rings is 1. The molecule has 0 fully saturated rings. The first-order chi connectivity index (χ1) is 16.1. The normalized spacial score (nSPS) is 17.8. The van der Waals surface area contributed by atoms with Crippen molar-refractivity contribution >= 4 is 38.3 Å². The molecule has 1 aromatic carbocycles. The molecule has 9 heteroatoms. The summed E-state index contributed by atoms with van der Waals surface area (Å²) in [6.07, 6.45) is 2.57. The van der Waals surface area contributed by atoms with Gasteiger partial charge in [0.05, 0.1) is 28.3 Å². The quantitative estimate of drug-likeness (QED) is 0.457. The van der Waals surface area contributed by atoms with Crippen LogP contribution in [-0.2, 0) is 14.9 Å². The van der Waals surface area contributed by atoms with Crippen LogP contribution < -0.4 is 9.61 Å². The number of aryl methyl sites for hydroxylation is 1. The smallest absolute Gasteiger partial charge is 0.310 e. The maximum atomic E-state index is 12.9. The number of unbranched alkanes of at least 4 members (excludes halogenated alkanes) is 1. The summed E-state index contributed by atoms with van der Waals surface area (Å²) < 4.78 is 36.7. The number of carbonyl (C=O) groups is 1. The molecule has 34 heavy (non-hydrogen) atoms. The van der Waals surface area contributed by atoms with Crippen molar-refractivity contribution in [1.82, 2.24) is 4.98 Å². The Labute approximate surface area is 197 Å². The highest BCUT2D eigenvalue weighted by Gasteiger charge is 2.40. The van der Waals surface area contributed by atoms with E-state index in [0.29, 0.717) is 52.1 Å². The molecule has 0 bridgehead atoms. The fourth-order valence-corrected chi connectivity index (χ4v) is 5.57. The Morgan fingerprint density at radius 1 is 1.21 bits per heavy atom. The second-order valence-electron chi connectivity index (χ2n) is 8.51. The molecule has 0 spiro atoms. The Kier molecular flexibility index (Phi) is 6.40. The van der Waals surface area contributed by atoms with Crippen molar-refractivity contribution in [3.8, 4) is 5.88 Å². The molecule has 2 atom stereocenters. The van der Waals surface area contributed by atoms with E-state index in [9.17, 15) is 18.0 Å². The number of carbonyl (C=O) groups excluding carboxylic acids is 1. The molecule has 0 saturated carbocycles. The number of hydrogen-bond donors (Lipinski definition) is 0. The van der Waals surface area contributed by atoms with Crippen LogP contribution in [-0.4, -0.2) is 30.6 Å². The summed E-state index contributed by atoms with van der Waals surface area (Å²) in [6.45, 7) is 6.79. The number of ketones is 1. The molecule has 0 radical (unpaired) electrons.